The summed E-state index contributed by atoms with van der Waals surface area (Å²) in [7, 11) is 0. The fourth-order valence-electron chi connectivity index (χ4n) is 3.95. The van der Waals surface area contributed by atoms with Gasteiger partial charge < -0.3 is 5.32 Å². The summed E-state index contributed by atoms with van der Waals surface area (Å²) in [5, 5.41) is 4.08. The van der Waals surface area contributed by atoms with Gasteiger partial charge in [-0.15, -0.1) is 11.8 Å². The first kappa shape index (κ1) is 25.1. The first-order chi connectivity index (χ1) is 14.9. The second kappa shape index (κ2) is 11.5. The number of thioether (sulfide) groups is 1. The molecule has 2 heterocycles. The van der Waals surface area contributed by atoms with Crippen molar-refractivity contribution in [3.8, 4) is 0 Å². The zero-order valence-corrected chi connectivity index (χ0v) is 23.5. The van der Waals surface area contributed by atoms with Gasteiger partial charge in [0.25, 0.3) is 0 Å². The summed E-state index contributed by atoms with van der Waals surface area (Å²) in [4.78, 5) is 10.5. The first-order valence-electron chi connectivity index (χ1n) is 10.8. The van der Waals surface area contributed by atoms with Gasteiger partial charge in [-0.3, -0.25) is 4.34 Å². The smallest absolute Gasteiger partial charge is 0.167 e. The molecule has 0 bridgehead atoms. The van der Waals surface area contributed by atoms with Gasteiger partial charge in [0, 0.05) is 11.0 Å². The molecule has 0 aliphatic heterocycles. The molecule has 8 heteroatoms. The lowest BCUT2D eigenvalue weighted by atomic mass is 9.85. The highest BCUT2D eigenvalue weighted by Gasteiger charge is 2.18. The number of rotatable bonds is 10. The Hall–Kier alpha value is -0.560. The second-order valence-corrected chi connectivity index (χ2v) is 11.4. The van der Waals surface area contributed by atoms with E-state index in [-0.39, 0.29) is 0 Å². The Labute approximate surface area is 210 Å². The molecule has 0 amide bonds. The molecule has 1 N–H and O–H groups in total. The van der Waals surface area contributed by atoms with Crippen LogP contribution in [0.5, 0.6) is 0 Å². The van der Waals surface area contributed by atoms with E-state index in [1.165, 1.54) is 36.1 Å². The van der Waals surface area contributed by atoms with E-state index in [1.807, 2.05) is 13.0 Å². The van der Waals surface area contributed by atoms with Gasteiger partial charge in [0.2, 0.25) is 0 Å². The summed E-state index contributed by atoms with van der Waals surface area (Å²) >= 11 is 10.5. The van der Waals surface area contributed by atoms with Crippen LogP contribution >= 0.6 is 51.8 Å². The maximum absolute atomic E-state index is 6.37. The van der Waals surface area contributed by atoms with E-state index in [0.29, 0.717) is 17.4 Å². The van der Waals surface area contributed by atoms with Crippen molar-refractivity contribution in [2.45, 2.75) is 64.2 Å². The van der Waals surface area contributed by atoms with Crippen LogP contribution in [0.1, 0.15) is 63.8 Å². The predicted molar refractivity (Wildman–Crippen MR) is 148 cm³/mol. The number of hydrogen-bond acceptors (Lipinski definition) is 4. The minimum atomic E-state index is 0.477. The topological polar surface area (TPSA) is 42.7 Å². The molecule has 2 aromatic heterocycles. The van der Waals surface area contributed by atoms with Crippen LogP contribution in [-0.4, -0.2) is 20.6 Å². The van der Waals surface area contributed by atoms with Gasteiger partial charge in [0.15, 0.2) is 5.65 Å². The Bertz CT molecular complexity index is 1040. The monoisotopic (exact) mass is 588 g/mol. The van der Waals surface area contributed by atoms with Crippen molar-refractivity contribution in [1.29, 1.82) is 0 Å². The maximum Gasteiger partial charge on any atom is 0.167 e. The molecule has 0 saturated heterocycles. The summed E-state index contributed by atoms with van der Waals surface area (Å²) < 4.78 is 2.11. The zero-order valence-electron chi connectivity index (χ0n) is 18.8. The van der Waals surface area contributed by atoms with E-state index < -0.39 is 0 Å². The van der Waals surface area contributed by atoms with Crippen LogP contribution in [-0.2, 0) is 0 Å². The van der Waals surface area contributed by atoms with E-state index >= 15 is 0 Å². The molecule has 0 aliphatic carbocycles. The average Bonchev–Trinajstić information content (AvgIpc) is 3.08. The molecule has 4 nitrogen and oxygen atoms in total. The van der Waals surface area contributed by atoms with E-state index in [2.05, 4.69) is 81.9 Å². The lowest BCUT2D eigenvalue weighted by molar-refractivity contribution is 0.435. The number of hydrogen-bond donors (Lipinski definition) is 1. The minimum absolute atomic E-state index is 0.477. The molecule has 1 aromatic carbocycles. The standard InChI is InChI=1S/C23H31ClIN4PS/c1-6-8-16(11-14(3)7-2)17-9-10-18(20(12-17)31-5)27-19-13-21(24)28-23-22(19)26-15(4)29(23)30-25/h9-10,12-14,16,30H,6-8,11H2,1-5H3,(H,27,28). The number of nitrogens with one attached hydrogen (secondary N) is 1. The zero-order chi connectivity index (χ0) is 22.5. The molecule has 3 unspecified atom stereocenters. The Balaban J connectivity index is 1.97. The van der Waals surface area contributed by atoms with Gasteiger partial charge in [0.1, 0.15) is 16.5 Å². The maximum atomic E-state index is 6.37. The summed E-state index contributed by atoms with van der Waals surface area (Å²) in [6.45, 7) is 8.95. The third-order valence-corrected chi connectivity index (χ3v) is 8.95. The third kappa shape index (κ3) is 5.87. The van der Waals surface area contributed by atoms with Crippen molar-refractivity contribution in [3.63, 3.8) is 0 Å². The molecule has 168 valence electrons. The molecule has 0 spiro atoms. The lowest BCUT2D eigenvalue weighted by Crippen LogP contribution is -2.05. The molecule has 3 atom stereocenters. The molecule has 31 heavy (non-hydrogen) atoms. The molecule has 0 radical (unpaired) electrons. The number of aryl methyl sites for hydroxylation is 1. The second-order valence-electron chi connectivity index (χ2n) is 8.06. The van der Waals surface area contributed by atoms with Crippen LogP contribution in [0.15, 0.2) is 29.2 Å². The van der Waals surface area contributed by atoms with E-state index in [4.69, 9.17) is 16.6 Å². The van der Waals surface area contributed by atoms with Crippen LogP contribution < -0.4 is 5.32 Å². The normalized spacial score (nSPS) is 13.9. The quantitative estimate of drug-likeness (QED) is 0.111. The van der Waals surface area contributed by atoms with Crippen molar-refractivity contribution in [3.05, 3.63) is 40.8 Å². The summed E-state index contributed by atoms with van der Waals surface area (Å²) in [5.41, 5.74) is 5.13. The molecule has 3 aromatic rings. The number of anilines is 2. The number of nitrogens with zero attached hydrogens (tertiary/aromatic N) is 3. The van der Waals surface area contributed by atoms with Gasteiger partial charge in [-0.2, -0.15) is 0 Å². The average molecular weight is 589 g/mol. The molecule has 0 saturated carbocycles. The van der Waals surface area contributed by atoms with E-state index in [1.54, 1.807) is 11.8 Å². The van der Waals surface area contributed by atoms with Crippen LogP contribution in [0.25, 0.3) is 11.2 Å². The van der Waals surface area contributed by atoms with Gasteiger partial charge in [-0.25, -0.2) is 9.97 Å². The van der Waals surface area contributed by atoms with E-state index in [9.17, 15) is 0 Å². The highest BCUT2D eigenvalue weighted by molar-refractivity contribution is 14.2. The number of benzene rings is 1. The molecular formula is C23H31ClIN4PS. The Morgan fingerprint density at radius 3 is 2.65 bits per heavy atom. The minimum Gasteiger partial charge on any atom is -0.353 e. The Kier molecular flexibility index (Phi) is 9.33. The Morgan fingerprint density at radius 2 is 2.00 bits per heavy atom. The summed E-state index contributed by atoms with van der Waals surface area (Å²) in [5.74, 6) is 2.31. The number of halogens is 2. The highest BCUT2D eigenvalue weighted by atomic mass is 127. The fourth-order valence-corrected chi connectivity index (χ4v) is 6.88. The lowest BCUT2D eigenvalue weighted by Gasteiger charge is -2.22. The van der Waals surface area contributed by atoms with Crippen molar-refractivity contribution < 1.29 is 0 Å². The molecule has 3 rings (SSSR count). The summed E-state index contributed by atoms with van der Waals surface area (Å²) in [6.07, 6.45) is 7.60. The molecule has 0 aliphatic rings. The number of imidazole rings is 1. The number of fused-ring (bicyclic) bond motifs is 1. The molecular weight excluding hydrogens is 558 g/mol. The first-order valence-corrected chi connectivity index (χ1v) is 16.4. The van der Waals surface area contributed by atoms with Crippen LogP contribution in [0.3, 0.4) is 0 Å². The number of aromatic nitrogens is 3. The third-order valence-electron chi connectivity index (χ3n) is 5.82. The van der Waals surface area contributed by atoms with Crippen LogP contribution in [0.2, 0.25) is 5.15 Å². The highest BCUT2D eigenvalue weighted by Crippen LogP contribution is 2.38. The largest absolute Gasteiger partial charge is 0.353 e. The van der Waals surface area contributed by atoms with Gasteiger partial charge in [0.05, 0.1) is 17.7 Å². The van der Waals surface area contributed by atoms with Crippen molar-refractivity contribution >= 4 is 74.3 Å². The van der Waals surface area contributed by atoms with Gasteiger partial charge in [-0.05, 0) is 77.6 Å². The van der Waals surface area contributed by atoms with Crippen LogP contribution in [0.4, 0.5) is 11.4 Å². The van der Waals surface area contributed by atoms with E-state index in [0.717, 1.165) is 34.3 Å². The predicted octanol–water partition coefficient (Wildman–Crippen LogP) is 8.97. The Morgan fingerprint density at radius 1 is 1.23 bits per heavy atom. The van der Waals surface area contributed by atoms with Crippen molar-refractivity contribution in [1.82, 2.24) is 14.3 Å². The van der Waals surface area contributed by atoms with Crippen LogP contribution in [0, 0.1) is 12.8 Å². The van der Waals surface area contributed by atoms with Crippen molar-refractivity contribution in [2.24, 2.45) is 5.92 Å². The van der Waals surface area contributed by atoms with Gasteiger partial charge in [-0.1, -0.05) is 51.3 Å². The molecule has 0 fully saturated rings. The van der Waals surface area contributed by atoms with Crippen molar-refractivity contribution in [2.75, 3.05) is 11.6 Å². The SMILES string of the molecule is CCCC(CC(C)CC)c1ccc(Nc2cc(Cl)nc3c2nc(C)n3PI)c(SC)c1. The van der Waals surface area contributed by atoms with Gasteiger partial charge >= 0.3 is 0 Å². The fraction of sp³-hybridized carbons (Fsp3) is 0.478. The summed E-state index contributed by atoms with van der Waals surface area (Å²) in [6, 6.07) is 8.74. The number of pyridine rings is 1.